The zero-order valence-electron chi connectivity index (χ0n) is 11.0. The van der Waals surface area contributed by atoms with E-state index in [2.05, 4.69) is 34.6 Å². The van der Waals surface area contributed by atoms with E-state index in [1.807, 2.05) is 6.92 Å². The normalized spacial score (nSPS) is 40.8. The number of ether oxygens (including phenoxy) is 1. The molecule has 3 unspecified atom stereocenters. The van der Waals surface area contributed by atoms with Crippen LogP contribution in [0.25, 0.3) is 0 Å². The van der Waals surface area contributed by atoms with Gasteiger partial charge in [0, 0.05) is 11.8 Å². The maximum absolute atomic E-state index is 10.5. The first-order chi connectivity index (χ1) is 6.72. The monoisotopic (exact) mass is 214 g/mol. The van der Waals surface area contributed by atoms with Gasteiger partial charge in [-0.1, -0.05) is 34.6 Å². The second kappa shape index (κ2) is 4.06. The summed E-state index contributed by atoms with van der Waals surface area (Å²) in [7, 11) is 0. The molecule has 0 spiro atoms. The first-order valence-electron chi connectivity index (χ1n) is 6.10. The number of hydrogen-bond acceptors (Lipinski definition) is 2. The van der Waals surface area contributed by atoms with Crippen LogP contribution >= 0.6 is 0 Å². The van der Waals surface area contributed by atoms with Crippen molar-refractivity contribution >= 4 is 0 Å². The molecule has 0 bridgehead atoms. The Labute approximate surface area is 94.0 Å². The maximum atomic E-state index is 10.5. The lowest BCUT2D eigenvalue weighted by molar-refractivity contribution is -0.227. The Morgan fingerprint density at radius 2 is 1.87 bits per heavy atom. The summed E-state index contributed by atoms with van der Waals surface area (Å²) in [6, 6.07) is 0. The third-order valence-corrected chi connectivity index (χ3v) is 4.25. The van der Waals surface area contributed by atoms with Gasteiger partial charge >= 0.3 is 0 Å². The molecule has 0 amide bonds. The zero-order chi connectivity index (χ0) is 11.9. The van der Waals surface area contributed by atoms with Crippen molar-refractivity contribution in [3.8, 4) is 0 Å². The average Bonchev–Trinajstić information content (AvgIpc) is 2.09. The van der Waals surface area contributed by atoms with Crippen molar-refractivity contribution in [1.82, 2.24) is 0 Å². The van der Waals surface area contributed by atoms with Crippen molar-refractivity contribution in [1.29, 1.82) is 0 Å². The summed E-state index contributed by atoms with van der Waals surface area (Å²) in [5.41, 5.74) is -0.784. The molecule has 0 saturated carbocycles. The molecule has 1 saturated heterocycles. The third-order valence-electron chi connectivity index (χ3n) is 4.25. The molecule has 1 heterocycles. The van der Waals surface area contributed by atoms with Gasteiger partial charge in [0.15, 0.2) is 0 Å². The van der Waals surface area contributed by atoms with Crippen LogP contribution in [0.3, 0.4) is 0 Å². The second-order valence-corrected chi connectivity index (χ2v) is 6.02. The zero-order valence-corrected chi connectivity index (χ0v) is 11.0. The van der Waals surface area contributed by atoms with Crippen LogP contribution in [-0.4, -0.2) is 22.9 Å². The van der Waals surface area contributed by atoms with Crippen LogP contribution in [0.1, 0.15) is 54.4 Å². The van der Waals surface area contributed by atoms with E-state index in [4.69, 9.17) is 4.74 Å². The molecule has 1 N–H and O–H groups in total. The summed E-state index contributed by atoms with van der Waals surface area (Å²) in [4.78, 5) is 0. The molecule has 1 fully saturated rings. The quantitative estimate of drug-likeness (QED) is 0.765. The largest absolute Gasteiger partial charge is 0.389 e. The van der Waals surface area contributed by atoms with Crippen LogP contribution in [0.2, 0.25) is 0 Å². The average molecular weight is 214 g/mol. The molecule has 2 heteroatoms. The molecule has 0 aromatic carbocycles. The van der Waals surface area contributed by atoms with Crippen molar-refractivity contribution in [3.05, 3.63) is 0 Å². The highest BCUT2D eigenvalue weighted by molar-refractivity contribution is 5.00. The van der Waals surface area contributed by atoms with E-state index in [9.17, 15) is 5.11 Å². The van der Waals surface area contributed by atoms with Gasteiger partial charge in [-0.05, 0) is 19.3 Å². The van der Waals surface area contributed by atoms with Crippen LogP contribution in [0.5, 0.6) is 0 Å². The summed E-state index contributed by atoms with van der Waals surface area (Å²) in [6.07, 6.45) is 2.06. The van der Waals surface area contributed by atoms with Gasteiger partial charge in [0.05, 0.1) is 17.8 Å². The molecule has 90 valence electrons. The highest BCUT2D eigenvalue weighted by Crippen LogP contribution is 2.46. The number of hydrogen-bond donors (Lipinski definition) is 1. The maximum Gasteiger partial charge on any atom is 0.0719 e. The van der Waals surface area contributed by atoms with E-state index < -0.39 is 5.60 Å². The molecule has 0 aromatic heterocycles. The van der Waals surface area contributed by atoms with E-state index in [1.165, 1.54) is 0 Å². The van der Waals surface area contributed by atoms with Gasteiger partial charge < -0.3 is 9.84 Å². The first-order valence-corrected chi connectivity index (χ1v) is 6.10. The summed E-state index contributed by atoms with van der Waals surface area (Å²) < 4.78 is 6.09. The van der Waals surface area contributed by atoms with E-state index in [0.717, 1.165) is 12.8 Å². The fourth-order valence-electron chi connectivity index (χ4n) is 2.43. The molecule has 1 rings (SSSR count). The lowest BCUT2D eigenvalue weighted by Gasteiger charge is -2.52. The minimum absolute atomic E-state index is 0.160. The predicted octanol–water partition coefficient (Wildman–Crippen LogP) is 2.99. The highest BCUT2D eigenvalue weighted by atomic mass is 16.5. The minimum atomic E-state index is -0.624. The lowest BCUT2D eigenvalue weighted by Crippen LogP contribution is -2.58. The number of rotatable bonds is 2. The standard InChI is InChI=1S/C13H26O2/c1-7-11-12(4,5)13(6,14)8-10(15-11)9(2)3/h9-11,14H,7-8H2,1-6H3. The molecular formula is C13H26O2. The number of aliphatic hydroxyl groups is 1. The molecular weight excluding hydrogens is 188 g/mol. The topological polar surface area (TPSA) is 29.5 Å². The van der Waals surface area contributed by atoms with E-state index in [-0.39, 0.29) is 17.6 Å². The predicted molar refractivity (Wildman–Crippen MR) is 62.8 cm³/mol. The Kier molecular flexibility index (Phi) is 3.52. The van der Waals surface area contributed by atoms with E-state index in [1.54, 1.807) is 0 Å². The molecule has 2 nitrogen and oxygen atoms in total. The lowest BCUT2D eigenvalue weighted by atomic mass is 9.66. The molecule has 15 heavy (non-hydrogen) atoms. The van der Waals surface area contributed by atoms with E-state index in [0.29, 0.717) is 5.92 Å². The Balaban J connectivity index is 2.90. The first kappa shape index (κ1) is 13.0. The minimum Gasteiger partial charge on any atom is -0.389 e. The van der Waals surface area contributed by atoms with Crippen molar-refractivity contribution in [2.75, 3.05) is 0 Å². The van der Waals surface area contributed by atoms with Crippen molar-refractivity contribution < 1.29 is 9.84 Å². The Hall–Kier alpha value is -0.0800. The third kappa shape index (κ3) is 2.21. The van der Waals surface area contributed by atoms with Gasteiger partial charge in [-0.15, -0.1) is 0 Å². The van der Waals surface area contributed by atoms with Gasteiger partial charge in [-0.25, -0.2) is 0 Å². The van der Waals surface area contributed by atoms with Crippen molar-refractivity contribution in [2.45, 2.75) is 72.2 Å². The summed E-state index contributed by atoms with van der Waals surface area (Å²) in [5, 5.41) is 10.5. The summed E-state index contributed by atoms with van der Waals surface area (Å²) in [5.74, 6) is 0.474. The molecule has 0 radical (unpaired) electrons. The second-order valence-electron chi connectivity index (χ2n) is 6.02. The molecule has 0 aromatic rings. The van der Waals surface area contributed by atoms with Gasteiger partial charge in [-0.3, -0.25) is 0 Å². The van der Waals surface area contributed by atoms with Crippen LogP contribution in [0.15, 0.2) is 0 Å². The van der Waals surface area contributed by atoms with Crippen LogP contribution in [0, 0.1) is 11.3 Å². The summed E-state index contributed by atoms with van der Waals surface area (Å²) in [6.45, 7) is 12.6. The van der Waals surface area contributed by atoms with Crippen LogP contribution < -0.4 is 0 Å². The Morgan fingerprint density at radius 1 is 1.33 bits per heavy atom. The van der Waals surface area contributed by atoms with Crippen molar-refractivity contribution in [3.63, 3.8) is 0 Å². The Bertz CT molecular complexity index is 219. The SMILES string of the molecule is CCC1OC(C(C)C)CC(C)(O)C1(C)C. The fourth-order valence-corrected chi connectivity index (χ4v) is 2.43. The molecule has 3 atom stereocenters. The van der Waals surface area contributed by atoms with Gasteiger partial charge in [0.1, 0.15) is 0 Å². The van der Waals surface area contributed by atoms with Gasteiger partial charge in [0.25, 0.3) is 0 Å². The molecule has 1 aliphatic rings. The fraction of sp³-hybridized carbons (Fsp3) is 1.00. The van der Waals surface area contributed by atoms with Crippen LogP contribution in [-0.2, 0) is 4.74 Å². The molecule has 0 aliphatic carbocycles. The van der Waals surface area contributed by atoms with E-state index >= 15 is 0 Å². The van der Waals surface area contributed by atoms with Crippen LogP contribution in [0.4, 0.5) is 0 Å². The highest BCUT2D eigenvalue weighted by Gasteiger charge is 2.51. The summed E-state index contributed by atoms with van der Waals surface area (Å²) >= 11 is 0. The smallest absolute Gasteiger partial charge is 0.0719 e. The Morgan fingerprint density at radius 3 is 2.27 bits per heavy atom. The molecule has 1 aliphatic heterocycles. The van der Waals surface area contributed by atoms with Gasteiger partial charge in [-0.2, -0.15) is 0 Å². The van der Waals surface area contributed by atoms with Crippen molar-refractivity contribution in [2.24, 2.45) is 11.3 Å². The van der Waals surface area contributed by atoms with Gasteiger partial charge in [0.2, 0.25) is 0 Å².